The molecule has 92 valence electrons. The molecular formula is C8H6F2N2O5. The fourth-order valence-electron chi connectivity index (χ4n) is 1.12. The Kier molecular flexibility index (Phi) is 3.51. The van der Waals surface area contributed by atoms with Gasteiger partial charge in [0.2, 0.25) is 0 Å². The summed E-state index contributed by atoms with van der Waals surface area (Å²) in [4.78, 5) is 23.0. The number of carboxylic acids is 1. The second-order valence-electron chi connectivity index (χ2n) is 2.82. The third kappa shape index (κ3) is 2.44. The Hall–Kier alpha value is -2.32. The molecule has 1 rings (SSSR count). The van der Waals surface area contributed by atoms with Crippen molar-refractivity contribution in [3.8, 4) is 5.75 Å². The van der Waals surface area contributed by atoms with Crippen molar-refractivity contribution in [1.82, 2.24) is 4.98 Å². The van der Waals surface area contributed by atoms with Gasteiger partial charge in [-0.15, -0.1) is 0 Å². The van der Waals surface area contributed by atoms with Crippen LogP contribution in [-0.4, -0.2) is 28.1 Å². The minimum Gasteiger partial charge on any atom is -0.492 e. The quantitative estimate of drug-likeness (QED) is 0.641. The molecule has 0 bridgehead atoms. The number of aromatic nitrogens is 1. The van der Waals surface area contributed by atoms with Crippen molar-refractivity contribution in [1.29, 1.82) is 0 Å². The summed E-state index contributed by atoms with van der Waals surface area (Å²) in [7, 11) is 1.05. The molecule has 7 nitrogen and oxygen atoms in total. The number of hydrogen-bond acceptors (Lipinski definition) is 5. The predicted molar refractivity (Wildman–Crippen MR) is 49.4 cm³/mol. The summed E-state index contributed by atoms with van der Waals surface area (Å²) in [5, 5.41) is 19.2. The molecule has 0 atom stereocenters. The van der Waals surface area contributed by atoms with Gasteiger partial charge in [-0.2, -0.15) is 0 Å². The maximum atomic E-state index is 12.5. The fourth-order valence-corrected chi connectivity index (χ4v) is 1.12. The van der Waals surface area contributed by atoms with Gasteiger partial charge in [0.15, 0.2) is 5.75 Å². The molecule has 1 aromatic heterocycles. The lowest BCUT2D eigenvalue weighted by Crippen LogP contribution is -2.09. The fraction of sp³-hybridized carbons (Fsp3) is 0.250. The number of ether oxygens (including phenoxy) is 1. The topological polar surface area (TPSA) is 103 Å². The molecule has 0 aliphatic heterocycles. The van der Waals surface area contributed by atoms with E-state index in [0.717, 1.165) is 7.11 Å². The number of rotatable bonds is 4. The average Bonchev–Trinajstić information content (AvgIpc) is 2.26. The molecular weight excluding hydrogens is 242 g/mol. The summed E-state index contributed by atoms with van der Waals surface area (Å²) in [5.41, 5.74) is -1.78. The van der Waals surface area contributed by atoms with Crippen molar-refractivity contribution in [2.45, 2.75) is 6.43 Å². The monoisotopic (exact) mass is 248 g/mol. The second-order valence-corrected chi connectivity index (χ2v) is 2.82. The molecule has 1 aromatic rings. The highest BCUT2D eigenvalue weighted by molar-refractivity contribution is 5.89. The van der Waals surface area contributed by atoms with Crippen molar-refractivity contribution >= 4 is 11.8 Å². The largest absolute Gasteiger partial charge is 0.492 e. The van der Waals surface area contributed by atoms with E-state index in [4.69, 9.17) is 5.11 Å². The van der Waals surface area contributed by atoms with Crippen LogP contribution in [-0.2, 0) is 0 Å². The van der Waals surface area contributed by atoms with Crippen molar-refractivity contribution in [3.05, 3.63) is 27.4 Å². The number of carbonyl (C=O) groups is 1. The Morgan fingerprint density at radius 1 is 1.65 bits per heavy atom. The zero-order chi connectivity index (χ0) is 13.2. The second kappa shape index (κ2) is 4.68. The first kappa shape index (κ1) is 12.7. The first-order valence-corrected chi connectivity index (χ1v) is 4.13. The molecule has 9 heteroatoms. The predicted octanol–water partition coefficient (Wildman–Crippen LogP) is 1.63. The summed E-state index contributed by atoms with van der Waals surface area (Å²) in [5.74, 6) is -3.26. The number of alkyl halides is 2. The normalized spacial score (nSPS) is 10.4. The number of pyridine rings is 1. The molecule has 0 aliphatic carbocycles. The molecule has 1 N–H and O–H groups in total. The van der Waals surface area contributed by atoms with Crippen LogP contribution in [0.1, 0.15) is 22.5 Å². The van der Waals surface area contributed by atoms with E-state index < -0.39 is 40.1 Å². The standard InChI is InChI=1S/C8H6F2N2O5/c1-17-4-2-3(6(9)10)7(12(15)16)11-5(4)8(13)14/h2,6H,1H3,(H,13,14). The lowest BCUT2D eigenvalue weighted by atomic mass is 10.2. The minimum atomic E-state index is -3.15. The summed E-state index contributed by atoms with van der Waals surface area (Å²) >= 11 is 0. The van der Waals surface area contributed by atoms with E-state index in [0.29, 0.717) is 6.07 Å². The van der Waals surface area contributed by atoms with Gasteiger partial charge in [-0.05, 0) is 9.91 Å². The maximum Gasteiger partial charge on any atom is 0.384 e. The van der Waals surface area contributed by atoms with Gasteiger partial charge in [-0.3, -0.25) is 0 Å². The van der Waals surface area contributed by atoms with Crippen LogP contribution in [0, 0.1) is 10.1 Å². The first-order valence-electron chi connectivity index (χ1n) is 4.13. The molecule has 1 heterocycles. The van der Waals surface area contributed by atoms with Gasteiger partial charge >= 0.3 is 17.5 Å². The lowest BCUT2D eigenvalue weighted by Gasteiger charge is -2.05. The summed E-state index contributed by atoms with van der Waals surface area (Å²) in [6.45, 7) is 0. The van der Waals surface area contributed by atoms with Crippen LogP contribution in [0.15, 0.2) is 6.07 Å². The van der Waals surface area contributed by atoms with Gasteiger partial charge in [-0.25, -0.2) is 13.6 Å². The number of halogens is 2. The number of nitrogens with zero attached hydrogens (tertiary/aromatic N) is 2. The molecule has 0 fully saturated rings. The van der Waals surface area contributed by atoms with E-state index in [1.807, 2.05) is 0 Å². The molecule has 0 aromatic carbocycles. The van der Waals surface area contributed by atoms with E-state index in [1.54, 1.807) is 0 Å². The van der Waals surface area contributed by atoms with Crippen LogP contribution in [0.2, 0.25) is 0 Å². The molecule has 0 spiro atoms. The number of nitro groups is 1. The van der Waals surface area contributed by atoms with E-state index in [1.165, 1.54) is 0 Å². The summed E-state index contributed by atoms with van der Waals surface area (Å²) in [6.07, 6.45) is -3.15. The third-order valence-electron chi connectivity index (χ3n) is 1.83. The van der Waals surface area contributed by atoms with Crippen LogP contribution in [0.3, 0.4) is 0 Å². The Labute approximate surface area is 92.8 Å². The van der Waals surface area contributed by atoms with Crippen molar-refractivity contribution < 1.29 is 28.3 Å². The minimum absolute atomic E-state index is 0.460. The number of methoxy groups -OCH3 is 1. The van der Waals surface area contributed by atoms with Crippen molar-refractivity contribution in [2.24, 2.45) is 0 Å². The average molecular weight is 248 g/mol. The highest BCUT2D eigenvalue weighted by Crippen LogP contribution is 2.32. The van der Waals surface area contributed by atoms with E-state index >= 15 is 0 Å². The van der Waals surface area contributed by atoms with Gasteiger partial charge in [0.05, 0.1) is 7.11 Å². The SMILES string of the molecule is COc1cc(C(F)F)c([N+](=O)[O-])nc1C(=O)O. The Morgan fingerprint density at radius 3 is 2.59 bits per heavy atom. The number of aromatic carboxylic acids is 1. The Balaban J connectivity index is 3.53. The summed E-state index contributed by atoms with van der Waals surface area (Å²) < 4.78 is 29.5. The molecule has 0 saturated carbocycles. The Bertz CT molecular complexity index is 477. The van der Waals surface area contributed by atoms with Crippen LogP contribution in [0.4, 0.5) is 14.6 Å². The molecule has 0 unspecified atom stereocenters. The summed E-state index contributed by atoms with van der Waals surface area (Å²) in [6, 6.07) is 0.596. The molecule has 0 radical (unpaired) electrons. The van der Waals surface area contributed by atoms with Gasteiger partial charge in [0, 0.05) is 6.07 Å². The zero-order valence-corrected chi connectivity index (χ0v) is 8.39. The molecule has 17 heavy (non-hydrogen) atoms. The van der Waals surface area contributed by atoms with Gasteiger partial charge < -0.3 is 20.0 Å². The highest BCUT2D eigenvalue weighted by atomic mass is 19.3. The smallest absolute Gasteiger partial charge is 0.384 e. The maximum absolute atomic E-state index is 12.5. The number of carboxylic acid groups (broad SMARTS) is 1. The van der Waals surface area contributed by atoms with Crippen molar-refractivity contribution in [3.63, 3.8) is 0 Å². The first-order chi connectivity index (χ1) is 7.88. The van der Waals surface area contributed by atoms with Crippen LogP contribution < -0.4 is 4.74 Å². The van der Waals surface area contributed by atoms with E-state index in [2.05, 4.69) is 9.72 Å². The Morgan fingerprint density at radius 2 is 2.24 bits per heavy atom. The highest BCUT2D eigenvalue weighted by Gasteiger charge is 2.30. The lowest BCUT2D eigenvalue weighted by molar-refractivity contribution is -0.391. The van der Waals surface area contributed by atoms with Crippen LogP contribution in [0.25, 0.3) is 0 Å². The zero-order valence-electron chi connectivity index (χ0n) is 8.39. The van der Waals surface area contributed by atoms with Gasteiger partial charge in [0.25, 0.3) is 6.43 Å². The van der Waals surface area contributed by atoms with E-state index in [-0.39, 0.29) is 0 Å². The van der Waals surface area contributed by atoms with Gasteiger partial charge in [-0.1, -0.05) is 0 Å². The van der Waals surface area contributed by atoms with Crippen LogP contribution >= 0.6 is 0 Å². The van der Waals surface area contributed by atoms with Gasteiger partial charge in [0.1, 0.15) is 5.56 Å². The van der Waals surface area contributed by atoms with E-state index in [9.17, 15) is 23.7 Å². The molecule has 0 aliphatic rings. The van der Waals surface area contributed by atoms with Crippen molar-refractivity contribution in [2.75, 3.05) is 7.11 Å². The third-order valence-corrected chi connectivity index (χ3v) is 1.83. The van der Waals surface area contributed by atoms with Crippen LogP contribution in [0.5, 0.6) is 5.75 Å². The number of hydrogen-bond donors (Lipinski definition) is 1. The molecule has 0 saturated heterocycles. The molecule has 0 amide bonds.